The van der Waals surface area contributed by atoms with E-state index in [-0.39, 0.29) is 5.78 Å². The number of anilines is 1. The minimum absolute atomic E-state index is 0.132. The van der Waals surface area contributed by atoms with E-state index in [0.29, 0.717) is 29.5 Å². The number of Topliss-reactive ketones (excluding diaryl/α,β-unsaturated/α-hetero) is 1. The Bertz CT molecular complexity index is 338. The monoisotopic (exact) mass is 182 g/mol. The fourth-order valence-corrected chi connectivity index (χ4v) is 1.37. The number of pyridine rings is 1. The summed E-state index contributed by atoms with van der Waals surface area (Å²) >= 11 is 5.66. The van der Waals surface area contributed by atoms with Crippen LogP contribution in [0.4, 0.5) is 5.82 Å². The van der Waals surface area contributed by atoms with Crippen LogP contribution < -0.4 is 5.32 Å². The summed E-state index contributed by atoms with van der Waals surface area (Å²) < 4.78 is 0. The zero-order valence-corrected chi connectivity index (χ0v) is 7.06. The highest BCUT2D eigenvalue weighted by Gasteiger charge is 2.17. The number of hydrogen-bond acceptors (Lipinski definition) is 3. The molecule has 0 aliphatic carbocycles. The Hall–Kier alpha value is -1.09. The topological polar surface area (TPSA) is 42.0 Å². The van der Waals surface area contributed by atoms with E-state index in [2.05, 4.69) is 10.3 Å². The molecule has 1 aromatic rings. The van der Waals surface area contributed by atoms with Crippen molar-refractivity contribution in [1.29, 1.82) is 0 Å². The number of hydrogen-bond donors (Lipinski definition) is 1. The van der Waals surface area contributed by atoms with E-state index in [0.717, 1.165) is 0 Å². The molecular formula is C8H7ClN2O. The summed E-state index contributed by atoms with van der Waals surface area (Å²) in [4.78, 5) is 15.3. The average molecular weight is 183 g/mol. The van der Waals surface area contributed by atoms with Crippen LogP contribution in [0.15, 0.2) is 12.1 Å². The Morgan fingerprint density at radius 3 is 3.17 bits per heavy atom. The zero-order chi connectivity index (χ0) is 8.55. The predicted octanol–water partition coefficient (Wildman–Crippen LogP) is 1.73. The molecule has 0 saturated heterocycles. The first kappa shape index (κ1) is 7.55. The van der Waals surface area contributed by atoms with E-state index in [1.54, 1.807) is 12.1 Å². The number of nitrogens with one attached hydrogen (secondary N) is 1. The lowest BCUT2D eigenvalue weighted by Crippen LogP contribution is -2.18. The SMILES string of the molecule is O=C1CCNc2nc(Cl)ccc21. The Balaban J connectivity index is 2.53. The van der Waals surface area contributed by atoms with Crippen molar-refractivity contribution < 1.29 is 4.79 Å². The van der Waals surface area contributed by atoms with Crippen LogP contribution in [0.5, 0.6) is 0 Å². The van der Waals surface area contributed by atoms with Gasteiger partial charge in [-0.1, -0.05) is 11.6 Å². The summed E-state index contributed by atoms with van der Waals surface area (Å²) in [5.74, 6) is 0.742. The Morgan fingerprint density at radius 2 is 2.33 bits per heavy atom. The summed E-state index contributed by atoms with van der Waals surface area (Å²) in [6.07, 6.45) is 0.538. The molecule has 0 bridgehead atoms. The first-order valence-electron chi connectivity index (χ1n) is 3.71. The van der Waals surface area contributed by atoms with Crippen LogP contribution in [0, 0.1) is 0 Å². The number of ketones is 1. The smallest absolute Gasteiger partial charge is 0.168 e. The van der Waals surface area contributed by atoms with Crippen molar-refractivity contribution in [2.45, 2.75) is 6.42 Å². The molecule has 0 radical (unpaired) electrons. The summed E-state index contributed by atoms with van der Waals surface area (Å²) in [6.45, 7) is 0.652. The molecule has 12 heavy (non-hydrogen) atoms. The second-order valence-corrected chi connectivity index (χ2v) is 3.02. The molecule has 62 valence electrons. The van der Waals surface area contributed by atoms with E-state index in [1.165, 1.54) is 0 Å². The Kier molecular flexibility index (Phi) is 1.73. The molecule has 1 aliphatic heterocycles. The summed E-state index contributed by atoms with van der Waals surface area (Å²) in [5, 5.41) is 3.43. The van der Waals surface area contributed by atoms with Crippen LogP contribution in [0.1, 0.15) is 16.8 Å². The van der Waals surface area contributed by atoms with Gasteiger partial charge in [0, 0.05) is 13.0 Å². The van der Waals surface area contributed by atoms with Gasteiger partial charge in [-0.05, 0) is 12.1 Å². The van der Waals surface area contributed by atoms with E-state index in [9.17, 15) is 4.79 Å². The molecule has 0 fully saturated rings. The highest BCUT2D eigenvalue weighted by atomic mass is 35.5. The van der Waals surface area contributed by atoms with E-state index >= 15 is 0 Å². The fourth-order valence-electron chi connectivity index (χ4n) is 1.22. The van der Waals surface area contributed by atoms with Crippen molar-refractivity contribution in [3.63, 3.8) is 0 Å². The number of rotatable bonds is 0. The number of halogens is 1. The molecule has 0 saturated carbocycles. The van der Waals surface area contributed by atoms with Crippen molar-refractivity contribution in [3.05, 3.63) is 22.8 Å². The standard InChI is InChI=1S/C8H7ClN2O/c9-7-2-1-5-6(12)3-4-10-8(5)11-7/h1-2H,3-4H2,(H,10,11). The summed E-state index contributed by atoms with van der Waals surface area (Å²) in [5.41, 5.74) is 0.644. The maximum Gasteiger partial charge on any atom is 0.168 e. The molecule has 0 unspecified atom stereocenters. The van der Waals surface area contributed by atoms with Crippen molar-refractivity contribution in [3.8, 4) is 0 Å². The predicted molar refractivity (Wildman–Crippen MR) is 46.7 cm³/mol. The third kappa shape index (κ3) is 1.16. The third-order valence-corrected chi connectivity index (χ3v) is 2.02. The third-order valence-electron chi connectivity index (χ3n) is 1.81. The van der Waals surface area contributed by atoms with Gasteiger partial charge in [0.05, 0.1) is 5.56 Å². The summed E-state index contributed by atoms with van der Waals surface area (Å²) in [7, 11) is 0. The van der Waals surface area contributed by atoms with Crippen molar-refractivity contribution >= 4 is 23.2 Å². The number of aromatic nitrogens is 1. The molecule has 2 rings (SSSR count). The molecule has 1 N–H and O–H groups in total. The van der Waals surface area contributed by atoms with Crippen LogP contribution in [-0.2, 0) is 0 Å². The lowest BCUT2D eigenvalue weighted by Gasteiger charge is -2.14. The van der Waals surface area contributed by atoms with Crippen LogP contribution >= 0.6 is 11.6 Å². The minimum atomic E-state index is 0.132. The van der Waals surface area contributed by atoms with Gasteiger partial charge >= 0.3 is 0 Å². The highest BCUT2D eigenvalue weighted by molar-refractivity contribution is 6.29. The second kappa shape index (κ2) is 2.75. The van der Waals surface area contributed by atoms with E-state index < -0.39 is 0 Å². The van der Waals surface area contributed by atoms with Crippen LogP contribution in [0.25, 0.3) is 0 Å². The fraction of sp³-hybridized carbons (Fsp3) is 0.250. The molecule has 2 heterocycles. The van der Waals surface area contributed by atoms with Gasteiger partial charge in [0.2, 0.25) is 0 Å². The highest BCUT2D eigenvalue weighted by Crippen LogP contribution is 2.21. The van der Waals surface area contributed by atoms with Crippen molar-refractivity contribution in [2.75, 3.05) is 11.9 Å². The van der Waals surface area contributed by atoms with Gasteiger partial charge in [0.15, 0.2) is 5.78 Å². The van der Waals surface area contributed by atoms with E-state index in [4.69, 9.17) is 11.6 Å². The Morgan fingerprint density at radius 1 is 1.50 bits per heavy atom. The maximum absolute atomic E-state index is 11.3. The first-order valence-corrected chi connectivity index (χ1v) is 4.09. The summed E-state index contributed by atoms with van der Waals surface area (Å²) in [6, 6.07) is 3.34. The lowest BCUT2D eigenvalue weighted by atomic mass is 10.1. The molecule has 0 amide bonds. The Labute approximate surface area is 74.8 Å². The molecule has 0 atom stereocenters. The first-order chi connectivity index (χ1) is 5.77. The van der Waals surface area contributed by atoms with Gasteiger partial charge in [-0.3, -0.25) is 4.79 Å². The molecule has 1 aliphatic rings. The van der Waals surface area contributed by atoms with Crippen molar-refractivity contribution in [1.82, 2.24) is 4.98 Å². The van der Waals surface area contributed by atoms with E-state index in [1.807, 2.05) is 0 Å². The number of fused-ring (bicyclic) bond motifs is 1. The number of carbonyl (C=O) groups is 1. The molecular weight excluding hydrogens is 176 g/mol. The van der Waals surface area contributed by atoms with Crippen LogP contribution in [-0.4, -0.2) is 17.3 Å². The second-order valence-electron chi connectivity index (χ2n) is 2.63. The average Bonchev–Trinajstić information content (AvgIpc) is 2.04. The molecule has 0 aromatic carbocycles. The number of nitrogens with zero attached hydrogens (tertiary/aromatic N) is 1. The van der Waals surface area contributed by atoms with Gasteiger partial charge in [-0.15, -0.1) is 0 Å². The van der Waals surface area contributed by atoms with Gasteiger partial charge in [0.1, 0.15) is 11.0 Å². The van der Waals surface area contributed by atoms with Gasteiger partial charge in [0.25, 0.3) is 0 Å². The quantitative estimate of drug-likeness (QED) is 0.622. The maximum atomic E-state index is 11.3. The number of carbonyl (C=O) groups excluding carboxylic acids is 1. The van der Waals surface area contributed by atoms with Gasteiger partial charge in [-0.2, -0.15) is 0 Å². The molecule has 0 spiro atoms. The molecule has 3 nitrogen and oxygen atoms in total. The van der Waals surface area contributed by atoms with Crippen LogP contribution in [0.3, 0.4) is 0 Å². The lowest BCUT2D eigenvalue weighted by molar-refractivity contribution is 0.0983. The largest absolute Gasteiger partial charge is 0.369 e. The minimum Gasteiger partial charge on any atom is -0.369 e. The normalized spacial score (nSPS) is 15.2. The zero-order valence-electron chi connectivity index (χ0n) is 6.30. The van der Waals surface area contributed by atoms with Crippen molar-refractivity contribution in [2.24, 2.45) is 0 Å². The molecule has 4 heteroatoms. The van der Waals surface area contributed by atoms with Gasteiger partial charge < -0.3 is 5.32 Å². The van der Waals surface area contributed by atoms with Gasteiger partial charge in [-0.25, -0.2) is 4.98 Å². The van der Waals surface area contributed by atoms with Crippen LogP contribution in [0.2, 0.25) is 5.15 Å². The molecule has 1 aromatic heterocycles.